The van der Waals surface area contributed by atoms with Crippen LogP contribution in [0.25, 0.3) is 11.0 Å². The monoisotopic (exact) mass is 294 g/mol. The Morgan fingerprint density at radius 1 is 1.00 bits per heavy atom. The van der Waals surface area contributed by atoms with Gasteiger partial charge in [-0.3, -0.25) is 0 Å². The number of nitrogens with zero attached hydrogens (tertiary/aromatic N) is 2. The Labute approximate surface area is 131 Å². The van der Waals surface area contributed by atoms with E-state index in [0.717, 1.165) is 34.1 Å². The van der Waals surface area contributed by atoms with E-state index >= 15 is 0 Å². The average Bonchev–Trinajstić information content (AvgIpc) is 2.78. The van der Waals surface area contributed by atoms with Gasteiger partial charge in [-0.1, -0.05) is 32.9 Å². The molecule has 0 aliphatic carbocycles. The number of anilines is 2. The van der Waals surface area contributed by atoms with Crippen molar-refractivity contribution in [3.8, 4) is 0 Å². The van der Waals surface area contributed by atoms with Crippen molar-refractivity contribution in [1.29, 1.82) is 0 Å². The molecule has 1 aromatic carbocycles. The molecule has 0 radical (unpaired) electrons. The molecule has 4 heteroatoms. The van der Waals surface area contributed by atoms with Gasteiger partial charge in [0.25, 0.3) is 0 Å². The van der Waals surface area contributed by atoms with E-state index in [9.17, 15) is 0 Å². The lowest BCUT2D eigenvalue weighted by Crippen LogP contribution is -2.10. The van der Waals surface area contributed by atoms with E-state index in [1.165, 1.54) is 5.56 Å². The number of fused-ring (bicyclic) bond motifs is 1. The summed E-state index contributed by atoms with van der Waals surface area (Å²) in [7, 11) is 0. The molecule has 0 bridgehead atoms. The summed E-state index contributed by atoms with van der Waals surface area (Å²) in [4.78, 5) is 12.2. The van der Waals surface area contributed by atoms with Crippen molar-refractivity contribution in [2.75, 3.05) is 5.32 Å². The normalized spacial score (nSPS) is 11.9. The summed E-state index contributed by atoms with van der Waals surface area (Å²) in [5.41, 5.74) is 4.47. The highest BCUT2D eigenvalue weighted by Crippen LogP contribution is 2.27. The number of aromatic amines is 1. The second kappa shape index (κ2) is 5.13. The molecule has 0 aliphatic heterocycles. The Bertz CT molecular complexity index is 807. The first kappa shape index (κ1) is 14.6. The van der Waals surface area contributed by atoms with Crippen molar-refractivity contribution < 1.29 is 0 Å². The number of hydrogen-bond donors (Lipinski definition) is 2. The number of aromatic nitrogens is 3. The summed E-state index contributed by atoms with van der Waals surface area (Å²) in [6.45, 7) is 10.6. The van der Waals surface area contributed by atoms with Crippen molar-refractivity contribution in [2.24, 2.45) is 0 Å². The van der Waals surface area contributed by atoms with Crippen LogP contribution in [0.5, 0.6) is 0 Å². The molecule has 0 saturated carbocycles. The predicted octanol–water partition coefficient (Wildman–Crippen LogP) is 4.62. The van der Waals surface area contributed by atoms with Crippen LogP contribution < -0.4 is 5.32 Å². The molecule has 22 heavy (non-hydrogen) atoms. The van der Waals surface area contributed by atoms with Gasteiger partial charge < -0.3 is 10.3 Å². The number of benzene rings is 1. The smallest absolute Gasteiger partial charge is 0.143 e. The van der Waals surface area contributed by atoms with Crippen molar-refractivity contribution in [1.82, 2.24) is 15.0 Å². The molecule has 0 aliphatic rings. The van der Waals surface area contributed by atoms with Crippen LogP contribution in [-0.4, -0.2) is 15.0 Å². The van der Waals surface area contributed by atoms with Gasteiger partial charge in [0.2, 0.25) is 0 Å². The maximum atomic E-state index is 4.54. The lowest BCUT2D eigenvalue weighted by atomic mass is 9.87. The zero-order valence-corrected chi connectivity index (χ0v) is 13.8. The quantitative estimate of drug-likeness (QED) is 0.725. The van der Waals surface area contributed by atoms with Crippen LogP contribution in [0.1, 0.15) is 37.9 Å². The Kier molecular flexibility index (Phi) is 3.39. The van der Waals surface area contributed by atoms with Crippen LogP contribution in [0, 0.1) is 13.8 Å². The summed E-state index contributed by atoms with van der Waals surface area (Å²) in [6, 6.07) is 10.6. The van der Waals surface area contributed by atoms with Gasteiger partial charge in [-0.05, 0) is 43.0 Å². The van der Waals surface area contributed by atoms with Crippen LogP contribution in [-0.2, 0) is 5.41 Å². The lowest BCUT2D eigenvalue weighted by Gasteiger charge is -2.19. The second-order valence-corrected chi connectivity index (χ2v) is 6.79. The molecule has 3 aromatic rings. The van der Waals surface area contributed by atoms with Crippen LogP contribution in [0.2, 0.25) is 0 Å². The van der Waals surface area contributed by atoms with E-state index in [-0.39, 0.29) is 5.41 Å². The third-order valence-corrected chi connectivity index (χ3v) is 3.75. The minimum Gasteiger partial charge on any atom is -0.343 e. The average molecular weight is 294 g/mol. The Balaban J connectivity index is 1.96. The van der Waals surface area contributed by atoms with Crippen molar-refractivity contribution in [3.05, 3.63) is 47.4 Å². The maximum Gasteiger partial charge on any atom is 0.143 e. The summed E-state index contributed by atoms with van der Waals surface area (Å²) >= 11 is 0. The number of nitrogens with one attached hydrogen (secondary N) is 2. The fourth-order valence-electron chi connectivity index (χ4n) is 2.54. The first-order chi connectivity index (χ1) is 10.3. The van der Waals surface area contributed by atoms with Gasteiger partial charge in [-0.25, -0.2) is 9.97 Å². The van der Waals surface area contributed by atoms with E-state index < -0.39 is 0 Å². The molecule has 114 valence electrons. The van der Waals surface area contributed by atoms with Gasteiger partial charge in [0.05, 0.1) is 5.39 Å². The predicted molar refractivity (Wildman–Crippen MR) is 91.8 cm³/mol. The minimum atomic E-state index is 0.162. The third kappa shape index (κ3) is 2.82. The molecular formula is C18H22N4. The van der Waals surface area contributed by atoms with Gasteiger partial charge in [-0.15, -0.1) is 0 Å². The molecule has 4 nitrogen and oxygen atoms in total. The first-order valence-electron chi connectivity index (χ1n) is 7.54. The van der Waals surface area contributed by atoms with E-state index in [4.69, 9.17) is 0 Å². The van der Waals surface area contributed by atoms with Crippen LogP contribution >= 0.6 is 0 Å². The largest absolute Gasteiger partial charge is 0.343 e. The lowest BCUT2D eigenvalue weighted by molar-refractivity contribution is 0.590. The van der Waals surface area contributed by atoms with Crippen molar-refractivity contribution in [2.45, 2.75) is 40.0 Å². The number of H-pyrrole nitrogens is 1. The zero-order valence-electron chi connectivity index (χ0n) is 13.8. The number of hydrogen-bond acceptors (Lipinski definition) is 3. The molecule has 2 aromatic heterocycles. The van der Waals surface area contributed by atoms with E-state index in [1.54, 1.807) is 0 Å². The number of rotatable bonds is 2. The zero-order chi connectivity index (χ0) is 15.9. The molecule has 0 amide bonds. The Morgan fingerprint density at radius 2 is 1.68 bits per heavy atom. The molecule has 2 heterocycles. The summed E-state index contributed by atoms with van der Waals surface area (Å²) in [5.74, 6) is 1.60. The molecule has 0 fully saturated rings. The highest BCUT2D eigenvalue weighted by Gasteiger charge is 2.13. The first-order valence-corrected chi connectivity index (χ1v) is 7.54. The van der Waals surface area contributed by atoms with Gasteiger partial charge in [0.15, 0.2) is 0 Å². The Hall–Kier alpha value is -2.36. The van der Waals surface area contributed by atoms with Crippen LogP contribution in [0.3, 0.4) is 0 Å². The van der Waals surface area contributed by atoms with Gasteiger partial charge >= 0.3 is 0 Å². The minimum absolute atomic E-state index is 0.162. The molecule has 3 rings (SSSR count). The van der Waals surface area contributed by atoms with Crippen molar-refractivity contribution in [3.63, 3.8) is 0 Å². The highest BCUT2D eigenvalue weighted by molar-refractivity contribution is 5.89. The SMILES string of the molecule is Cc1nc(Nc2ccc(C(C)(C)C)cc2)c2cc(C)[nH]c2n1. The second-order valence-electron chi connectivity index (χ2n) is 6.79. The standard InChI is InChI=1S/C18H22N4/c1-11-10-15-16(19-11)20-12(2)21-17(15)22-14-8-6-13(7-9-14)18(3,4)5/h6-10H,1-5H3,(H2,19,20,21,22). The van der Waals surface area contributed by atoms with Gasteiger partial charge in [0, 0.05) is 11.4 Å². The van der Waals surface area contributed by atoms with Gasteiger partial charge in [0.1, 0.15) is 17.3 Å². The Morgan fingerprint density at radius 3 is 2.32 bits per heavy atom. The van der Waals surface area contributed by atoms with Crippen LogP contribution in [0.4, 0.5) is 11.5 Å². The van der Waals surface area contributed by atoms with E-state index in [1.807, 2.05) is 13.8 Å². The highest BCUT2D eigenvalue weighted by atomic mass is 15.1. The third-order valence-electron chi connectivity index (χ3n) is 3.75. The van der Waals surface area contributed by atoms with Crippen LogP contribution in [0.15, 0.2) is 30.3 Å². The van der Waals surface area contributed by atoms with E-state index in [2.05, 4.69) is 71.4 Å². The van der Waals surface area contributed by atoms with E-state index in [0.29, 0.717) is 0 Å². The number of aryl methyl sites for hydroxylation is 2. The fraction of sp³-hybridized carbons (Fsp3) is 0.333. The summed E-state index contributed by atoms with van der Waals surface area (Å²) < 4.78 is 0. The fourth-order valence-corrected chi connectivity index (χ4v) is 2.54. The van der Waals surface area contributed by atoms with Crippen molar-refractivity contribution >= 4 is 22.5 Å². The summed E-state index contributed by atoms with van der Waals surface area (Å²) in [6.07, 6.45) is 0. The maximum absolute atomic E-state index is 4.54. The molecule has 0 unspecified atom stereocenters. The molecule has 0 saturated heterocycles. The molecule has 0 spiro atoms. The molecular weight excluding hydrogens is 272 g/mol. The molecule has 0 atom stereocenters. The molecule has 2 N–H and O–H groups in total. The summed E-state index contributed by atoms with van der Waals surface area (Å²) in [5, 5.41) is 4.43. The van der Waals surface area contributed by atoms with Gasteiger partial charge in [-0.2, -0.15) is 0 Å². The topological polar surface area (TPSA) is 53.6 Å².